The third-order valence-electron chi connectivity index (χ3n) is 4.14. The van der Waals surface area contributed by atoms with Crippen molar-refractivity contribution in [3.63, 3.8) is 0 Å². The van der Waals surface area contributed by atoms with Crippen LogP contribution in [-0.2, 0) is 4.74 Å². The van der Waals surface area contributed by atoms with E-state index in [9.17, 15) is 0 Å². The number of nitrogens with one attached hydrogen (secondary N) is 1. The highest BCUT2D eigenvalue weighted by molar-refractivity contribution is 5.85. The molecule has 2 fully saturated rings. The number of halogens is 1. The van der Waals surface area contributed by atoms with Gasteiger partial charge in [0.25, 0.3) is 0 Å². The van der Waals surface area contributed by atoms with Gasteiger partial charge >= 0.3 is 0 Å². The van der Waals surface area contributed by atoms with E-state index < -0.39 is 0 Å². The molecule has 0 saturated carbocycles. The molecule has 2 saturated heterocycles. The SMILES string of the molecule is COCCN1CCN(CC2(C)CCNC2)CC1.Cl. The zero-order valence-corrected chi connectivity index (χ0v) is 12.6. The van der Waals surface area contributed by atoms with Crippen molar-refractivity contribution < 1.29 is 4.74 Å². The molecule has 2 heterocycles. The van der Waals surface area contributed by atoms with Crippen LogP contribution in [0.25, 0.3) is 0 Å². The normalized spacial score (nSPS) is 30.3. The first-order valence-corrected chi connectivity index (χ1v) is 6.86. The monoisotopic (exact) mass is 277 g/mol. The molecule has 0 aromatic heterocycles. The van der Waals surface area contributed by atoms with Gasteiger partial charge in [-0.15, -0.1) is 12.4 Å². The fourth-order valence-corrected chi connectivity index (χ4v) is 2.93. The van der Waals surface area contributed by atoms with Crippen LogP contribution >= 0.6 is 12.4 Å². The van der Waals surface area contributed by atoms with E-state index in [2.05, 4.69) is 22.0 Å². The van der Waals surface area contributed by atoms with E-state index >= 15 is 0 Å². The standard InChI is InChI=1S/C13H27N3O.ClH/c1-13(3-4-14-11-13)12-16-7-5-15(6-8-16)9-10-17-2;/h14H,3-12H2,1-2H3;1H. The fraction of sp³-hybridized carbons (Fsp3) is 1.00. The lowest BCUT2D eigenvalue weighted by molar-refractivity contribution is 0.0767. The minimum Gasteiger partial charge on any atom is -0.383 e. The van der Waals surface area contributed by atoms with E-state index in [0.29, 0.717) is 5.41 Å². The molecule has 0 aliphatic carbocycles. The van der Waals surface area contributed by atoms with Crippen molar-refractivity contribution in [1.82, 2.24) is 15.1 Å². The Labute approximate surface area is 117 Å². The zero-order chi connectivity index (χ0) is 12.1. The van der Waals surface area contributed by atoms with Gasteiger partial charge in [0.05, 0.1) is 6.61 Å². The summed E-state index contributed by atoms with van der Waals surface area (Å²) in [5.74, 6) is 0. The predicted molar refractivity (Wildman–Crippen MR) is 77.6 cm³/mol. The molecule has 0 aromatic carbocycles. The van der Waals surface area contributed by atoms with Crippen molar-refractivity contribution in [1.29, 1.82) is 0 Å². The Morgan fingerprint density at radius 2 is 1.83 bits per heavy atom. The maximum atomic E-state index is 5.13. The first-order chi connectivity index (χ1) is 8.22. The van der Waals surface area contributed by atoms with E-state index in [0.717, 1.165) is 13.2 Å². The molecular formula is C13H28ClN3O. The van der Waals surface area contributed by atoms with Crippen LogP contribution in [0.1, 0.15) is 13.3 Å². The van der Waals surface area contributed by atoms with Gasteiger partial charge in [-0.3, -0.25) is 4.90 Å². The lowest BCUT2D eigenvalue weighted by Gasteiger charge is -2.38. The largest absolute Gasteiger partial charge is 0.383 e. The van der Waals surface area contributed by atoms with Gasteiger partial charge in [-0.25, -0.2) is 0 Å². The Kier molecular flexibility index (Phi) is 6.88. The van der Waals surface area contributed by atoms with Crippen molar-refractivity contribution in [3.8, 4) is 0 Å². The minimum absolute atomic E-state index is 0. The average molecular weight is 278 g/mol. The van der Waals surface area contributed by atoms with Crippen LogP contribution in [0.2, 0.25) is 0 Å². The molecule has 0 amide bonds. The molecule has 1 N–H and O–H groups in total. The van der Waals surface area contributed by atoms with E-state index in [4.69, 9.17) is 4.74 Å². The van der Waals surface area contributed by atoms with Crippen molar-refractivity contribution in [2.45, 2.75) is 13.3 Å². The Bertz CT molecular complexity index is 226. The minimum atomic E-state index is 0. The lowest BCUT2D eigenvalue weighted by Crippen LogP contribution is -2.50. The second kappa shape index (κ2) is 7.65. The Morgan fingerprint density at radius 3 is 2.39 bits per heavy atom. The van der Waals surface area contributed by atoms with Crippen LogP contribution in [-0.4, -0.2) is 75.9 Å². The average Bonchev–Trinajstić information content (AvgIpc) is 2.75. The van der Waals surface area contributed by atoms with Crippen LogP contribution in [0.5, 0.6) is 0 Å². The number of rotatable bonds is 5. The van der Waals surface area contributed by atoms with Crippen LogP contribution in [0.4, 0.5) is 0 Å². The van der Waals surface area contributed by atoms with Crippen molar-refractivity contribution >= 4 is 12.4 Å². The molecule has 1 atom stereocenters. The molecule has 2 aliphatic rings. The Hall–Kier alpha value is 0.130. The van der Waals surface area contributed by atoms with Gasteiger partial charge in [0.15, 0.2) is 0 Å². The predicted octanol–water partition coefficient (Wildman–Crippen LogP) is 0.672. The molecule has 0 aromatic rings. The summed E-state index contributed by atoms with van der Waals surface area (Å²) >= 11 is 0. The Morgan fingerprint density at radius 1 is 1.17 bits per heavy atom. The topological polar surface area (TPSA) is 27.7 Å². The molecule has 0 spiro atoms. The quantitative estimate of drug-likeness (QED) is 0.800. The second-order valence-corrected chi connectivity index (χ2v) is 5.85. The summed E-state index contributed by atoms with van der Waals surface area (Å²) in [4.78, 5) is 5.14. The molecule has 4 nitrogen and oxygen atoms in total. The van der Waals surface area contributed by atoms with Gasteiger partial charge in [-0.1, -0.05) is 6.92 Å². The zero-order valence-electron chi connectivity index (χ0n) is 11.8. The third kappa shape index (κ3) is 4.67. The number of nitrogens with zero attached hydrogens (tertiary/aromatic N) is 2. The number of hydrogen-bond acceptors (Lipinski definition) is 4. The van der Waals surface area contributed by atoms with E-state index in [1.54, 1.807) is 7.11 Å². The van der Waals surface area contributed by atoms with Crippen LogP contribution in [0.15, 0.2) is 0 Å². The molecule has 2 rings (SSSR count). The summed E-state index contributed by atoms with van der Waals surface area (Å²) in [6.07, 6.45) is 1.33. The van der Waals surface area contributed by atoms with Gasteiger partial charge in [0.1, 0.15) is 0 Å². The summed E-state index contributed by atoms with van der Waals surface area (Å²) in [6.45, 7) is 12.9. The maximum Gasteiger partial charge on any atom is 0.0589 e. The highest BCUT2D eigenvalue weighted by atomic mass is 35.5. The molecular weight excluding hydrogens is 250 g/mol. The van der Waals surface area contributed by atoms with Gasteiger partial charge < -0.3 is 15.0 Å². The smallest absolute Gasteiger partial charge is 0.0589 e. The van der Waals surface area contributed by atoms with Crippen molar-refractivity contribution in [2.24, 2.45) is 5.41 Å². The van der Waals surface area contributed by atoms with Gasteiger partial charge in [-0.05, 0) is 18.4 Å². The van der Waals surface area contributed by atoms with Gasteiger partial charge in [0, 0.05) is 52.9 Å². The second-order valence-electron chi connectivity index (χ2n) is 5.85. The Balaban J connectivity index is 0.00000162. The van der Waals surface area contributed by atoms with Crippen molar-refractivity contribution in [2.75, 3.05) is 66.1 Å². The molecule has 0 bridgehead atoms. The van der Waals surface area contributed by atoms with Gasteiger partial charge in [-0.2, -0.15) is 0 Å². The molecule has 0 radical (unpaired) electrons. The summed E-state index contributed by atoms with van der Waals surface area (Å²) in [6, 6.07) is 0. The lowest BCUT2D eigenvalue weighted by atomic mass is 9.89. The summed E-state index contributed by atoms with van der Waals surface area (Å²) < 4.78 is 5.13. The number of methoxy groups -OCH3 is 1. The van der Waals surface area contributed by atoms with E-state index in [1.165, 1.54) is 52.2 Å². The first-order valence-electron chi connectivity index (χ1n) is 6.86. The highest BCUT2D eigenvalue weighted by Crippen LogP contribution is 2.25. The molecule has 108 valence electrons. The number of ether oxygens (including phenoxy) is 1. The van der Waals surface area contributed by atoms with E-state index in [-0.39, 0.29) is 12.4 Å². The molecule has 1 unspecified atom stereocenters. The molecule has 2 aliphatic heterocycles. The fourth-order valence-electron chi connectivity index (χ4n) is 2.93. The van der Waals surface area contributed by atoms with Crippen LogP contribution in [0.3, 0.4) is 0 Å². The molecule has 5 heteroatoms. The van der Waals surface area contributed by atoms with Crippen LogP contribution < -0.4 is 5.32 Å². The third-order valence-corrected chi connectivity index (χ3v) is 4.14. The van der Waals surface area contributed by atoms with E-state index in [1.807, 2.05) is 0 Å². The number of piperazine rings is 1. The maximum absolute atomic E-state index is 5.13. The summed E-state index contributed by atoms with van der Waals surface area (Å²) in [5.41, 5.74) is 0.509. The number of hydrogen-bond donors (Lipinski definition) is 1. The highest BCUT2D eigenvalue weighted by Gasteiger charge is 2.31. The van der Waals surface area contributed by atoms with Gasteiger partial charge in [0.2, 0.25) is 0 Å². The summed E-state index contributed by atoms with van der Waals surface area (Å²) in [5, 5.41) is 3.49. The van der Waals surface area contributed by atoms with Crippen LogP contribution in [0, 0.1) is 5.41 Å². The first kappa shape index (κ1) is 16.2. The van der Waals surface area contributed by atoms with Crippen molar-refractivity contribution in [3.05, 3.63) is 0 Å². The summed E-state index contributed by atoms with van der Waals surface area (Å²) in [7, 11) is 1.78. The molecule has 18 heavy (non-hydrogen) atoms.